The Labute approximate surface area is 109 Å². The molecule has 1 heterocycles. The van der Waals surface area contributed by atoms with Gasteiger partial charge in [0.25, 0.3) is 0 Å². The van der Waals surface area contributed by atoms with Crippen molar-refractivity contribution < 1.29 is 0 Å². The first-order chi connectivity index (χ1) is 8.76. The average molecular weight is 260 g/mol. The van der Waals surface area contributed by atoms with Crippen molar-refractivity contribution in [3.8, 4) is 11.8 Å². The topological polar surface area (TPSA) is 66.5 Å². The fourth-order valence-electron chi connectivity index (χ4n) is 1.39. The molecule has 90 valence electrons. The SMILES string of the molecule is C=CCNc1nn(-c2ccccc2Cl)nc1C#N. The maximum absolute atomic E-state index is 8.98. The molecule has 0 bridgehead atoms. The molecule has 2 aromatic rings. The normalized spacial score (nSPS) is 9.78. The van der Waals surface area contributed by atoms with Crippen LogP contribution in [0.2, 0.25) is 5.02 Å². The molecular formula is C12H10ClN5. The predicted molar refractivity (Wildman–Crippen MR) is 69.8 cm³/mol. The van der Waals surface area contributed by atoms with Gasteiger partial charge in [-0.1, -0.05) is 29.8 Å². The van der Waals surface area contributed by atoms with Crippen LogP contribution < -0.4 is 5.32 Å². The third kappa shape index (κ3) is 2.34. The zero-order chi connectivity index (χ0) is 13.0. The number of para-hydroxylation sites is 1. The molecule has 0 atom stereocenters. The predicted octanol–water partition coefficient (Wildman–Crippen LogP) is 2.39. The van der Waals surface area contributed by atoms with Gasteiger partial charge in [-0.25, -0.2) is 0 Å². The van der Waals surface area contributed by atoms with Crippen LogP contribution in [0.5, 0.6) is 0 Å². The van der Waals surface area contributed by atoms with Gasteiger partial charge in [-0.3, -0.25) is 0 Å². The van der Waals surface area contributed by atoms with Gasteiger partial charge in [0.15, 0.2) is 5.82 Å². The van der Waals surface area contributed by atoms with Crippen LogP contribution in [0.4, 0.5) is 5.82 Å². The second-order valence-corrected chi connectivity index (χ2v) is 3.83. The van der Waals surface area contributed by atoms with Crippen LogP contribution in [0.25, 0.3) is 5.69 Å². The molecular weight excluding hydrogens is 250 g/mol. The minimum absolute atomic E-state index is 0.219. The summed E-state index contributed by atoms with van der Waals surface area (Å²) in [5.41, 5.74) is 0.846. The summed E-state index contributed by atoms with van der Waals surface area (Å²) in [6.45, 7) is 4.10. The lowest BCUT2D eigenvalue weighted by molar-refractivity contribution is 0.751. The summed E-state index contributed by atoms with van der Waals surface area (Å²) in [6, 6.07) is 9.14. The Morgan fingerprint density at radius 2 is 2.22 bits per heavy atom. The third-order valence-corrected chi connectivity index (χ3v) is 2.52. The van der Waals surface area contributed by atoms with E-state index in [1.165, 1.54) is 4.80 Å². The Morgan fingerprint density at radius 3 is 2.89 bits per heavy atom. The van der Waals surface area contributed by atoms with Crippen LogP contribution in [0.3, 0.4) is 0 Å². The minimum atomic E-state index is 0.219. The van der Waals surface area contributed by atoms with Crippen molar-refractivity contribution in [2.24, 2.45) is 0 Å². The summed E-state index contributed by atoms with van der Waals surface area (Å²) in [5.74, 6) is 0.414. The van der Waals surface area contributed by atoms with Crippen LogP contribution in [0.15, 0.2) is 36.9 Å². The molecule has 1 N–H and O–H groups in total. The van der Waals surface area contributed by atoms with Crippen molar-refractivity contribution in [3.05, 3.63) is 47.6 Å². The van der Waals surface area contributed by atoms with Gasteiger partial charge in [-0.15, -0.1) is 21.6 Å². The maximum atomic E-state index is 8.98. The lowest BCUT2D eigenvalue weighted by Crippen LogP contribution is -2.02. The van der Waals surface area contributed by atoms with E-state index in [2.05, 4.69) is 22.1 Å². The first-order valence-electron chi connectivity index (χ1n) is 5.23. The molecule has 5 nitrogen and oxygen atoms in total. The standard InChI is InChI=1S/C12H10ClN5/c1-2-7-15-12-10(8-14)16-18(17-12)11-6-4-3-5-9(11)13/h2-6H,1,7H2,(H,15,17). The molecule has 0 radical (unpaired) electrons. The highest BCUT2D eigenvalue weighted by molar-refractivity contribution is 6.32. The monoisotopic (exact) mass is 259 g/mol. The number of nitrogens with zero attached hydrogens (tertiary/aromatic N) is 4. The highest BCUT2D eigenvalue weighted by Gasteiger charge is 2.12. The number of nitrogens with one attached hydrogen (secondary N) is 1. The van der Waals surface area contributed by atoms with E-state index in [9.17, 15) is 0 Å². The van der Waals surface area contributed by atoms with Crippen LogP contribution in [0.1, 0.15) is 5.69 Å². The number of benzene rings is 1. The second kappa shape index (κ2) is 5.34. The van der Waals surface area contributed by atoms with E-state index < -0.39 is 0 Å². The zero-order valence-electron chi connectivity index (χ0n) is 9.47. The number of hydrogen-bond donors (Lipinski definition) is 1. The number of anilines is 1. The number of hydrogen-bond acceptors (Lipinski definition) is 4. The van der Waals surface area contributed by atoms with Crippen molar-refractivity contribution in [2.75, 3.05) is 11.9 Å². The average Bonchev–Trinajstić information content (AvgIpc) is 2.80. The van der Waals surface area contributed by atoms with Gasteiger partial charge in [0.2, 0.25) is 5.69 Å². The quantitative estimate of drug-likeness (QED) is 0.856. The summed E-state index contributed by atoms with van der Waals surface area (Å²) < 4.78 is 0. The second-order valence-electron chi connectivity index (χ2n) is 3.42. The Bertz CT molecular complexity index is 611. The molecule has 1 aromatic carbocycles. The van der Waals surface area contributed by atoms with Gasteiger partial charge >= 0.3 is 0 Å². The molecule has 0 amide bonds. The lowest BCUT2D eigenvalue weighted by Gasteiger charge is -2.01. The molecule has 6 heteroatoms. The number of halogens is 1. The molecule has 18 heavy (non-hydrogen) atoms. The van der Waals surface area contributed by atoms with Crippen LogP contribution in [-0.4, -0.2) is 21.5 Å². The Morgan fingerprint density at radius 1 is 1.44 bits per heavy atom. The first kappa shape index (κ1) is 12.1. The Balaban J connectivity index is 2.42. The smallest absolute Gasteiger partial charge is 0.207 e. The van der Waals surface area contributed by atoms with Crippen molar-refractivity contribution in [3.63, 3.8) is 0 Å². The van der Waals surface area contributed by atoms with E-state index in [0.717, 1.165) is 0 Å². The van der Waals surface area contributed by atoms with Gasteiger partial charge in [-0.05, 0) is 12.1 Å². The Hall–Kier alpha value is -2.32. The fraction of sp³-hybridized carbons (Fsp3) is 0.0833. The summed E-state index contributed by atoms with van der Waals surface area (Å²) in [4.78, 5) is 1.34. The lowest BCUT2D eigenvalue weighted by atomic mass is 10.3. The van der Waals surface area contributed by atoms with Gasteiger partial charge in [0.1, 0.15) is 11.8 Å². The van der Waals surface area contributed by atoms with Gasteiger partial charge in [0, 0.05) is 6.54 Å². The van der Waals surface area contributed by atoms with Gasteiger partial charge < -0.3 is 5.32 Å². The number of rotatable bonds is 4. The van der Waals surface area contributed by atoms with Crippen molar-refractivity contribution in [1.82, 2.24) is 15.0 Å². The highest BCUT2D eigenvalue weighted by Crippen LogP contribution is 2.20. The summed E-state index contributed by atoms with van der Waals surface area (Å²) in [7, 11) is 0. The third-order valence-electron chi connectivity index (χ3n) is 2.20. The van der Waals surface area contributed by atoms with Crippen molar-refractivity contribution >= 4 is 17.4 Å². The molecule has 0 saturated heterocycles. The molecule has 0 fully saturated rings. The van der Waals surface area contributed by atoms with E-state index in [1.54, 1.807) is 18.2 Å². The number of aromatic nitrogens is 3. The number of nitriles is 1. The van der Waals surface area contributed by atoms with E-state index in [4.69, 9.17) is 16.9 Å². The molecule has 2 rings (SSSR count). The maximum Gasteiger partial charge on any atom is 0.207 e. The molecule has 0 unspecified atom stereocenters. The zero-order valence-corrected chi connectivity index (χ0v) is 10.2. The molecule has 0 spiro atoms. The van der Waals surface area contributed by atoms with E-state index in [1.807, 2.05) is 18.2 Å². The van der Waals surface area contributed by atoms with Gasteiger partial charge in [0.05, 0.1) is 5.02 Å². The molecule has 0 aliphatic rings. The minimum Gasteiger partial charge on any atom is -0.363 e. The molecule has 1 aromatic heterocycles. The summed E-state index contributed by atoms with van der Waals surface area (Å²) >= 11 is 6.05. The first-order valence-corrected chi connectivity index (χ1v) is 5.61. The summed E-state index contributed by atoms with van der Waals surface area (Å²) in [6.07, 6.45) is 1.68. The largest absolute Gasteiger partial charge is 0.363 e. The Kier molecular flexibility index (Phi) is 3.60. The van der Waals surface area contributed by atoms with Crippen LogP contribution in [-0.2, 0) is 0 Å². The van der Waals surface area contributed by atoms with Crippen LogP contribution >= 0.6 is 11.6 Å². The molecule has 0 saturated carbocycles. The van der Waals surface area contributed by atoms with Crippen molar-refractivity contribution in [2.45, 2.75) is 0 Å². The van der Waals surface area contributed by atoms with Crippen LogP contribution in [0, 0.1) is 11.3 Å². The highest BCUT2D eigenvalue weighted by atomic mass is 35.5. The van der Waals surface area contributed by atoms with Crippen molar-refractivity contribution in [1.29, 1.82) is 5.26 Å². The van der Waals surface area contributed by atoms with E-state index >= 15 is 0 Å². The van der Waals surface area contributed by atoms with E-state index in [0.29, 0.717) is 23.1 Å². The fourth-order valence-corrected chi connectivity index (χ4v) is 1.60. The summed E-state index contributed by atoms with van der Waals surface area (Å²) in [5, 5.41) is 20.7. The molecule has 0 aliphatic carbocycles. The van der Waals surface area contributed by atoms with Gasteiger partial charge in [-0.2, -0.15) is 5.26 Å². The molecule has 0 aliphatic heterocycles. The van der Waals surface area contributed by atoms with E-state index in [-0.39, 0.29) is 5.69 Å².